The highest BCUT2D eigenvalue weighted by molar-refractivity contribution is 9.09. The van der Waals surface area contributed by atoms with Crippen molar-refractivity contribution in [1.29, 1.82) is 0 Å². The molecule has 2 rings (SSSR count). The number of hydrogen-bond acceptors (Lipinski definition) is 4. The third kappa shape index (κ3) is 3.18. The predicted octanol–water partition coefficient (Wildman–Crippen LogP) is 3.33. The van der Waals surface area contributed by atoms with E-state index in [1.54, 1.807) is 6.07 Å². The van der Waals surface area contributed by atoms with E-state index in [4.69, 9.17) is 9.47 Å². The second kappa shape index (κ2) is 5.77. The Morgan fingerprint density at radius 1 is 1.32 bits per heavy atom. The first-order valence-electron chi connectivity index (χ1n) is 6.20. The lowest BCUT2D eigenvalue weighted by molar-refractivity contribution is -0.385. The molecular weight excluding hydrogens is 314 g/mol. The Morgan fingerprint density at radius 3 is 2.42 bits per heavy atom. The van der Waals surface area contributed by atoms with Gasteiger partial charge in [0, 0.05) is 10.4 Å². The number of fused-ring (bicyclic) bond motifs is 1. The Balaban J connectivity index is 2.37. The molecule has 0 N–H and O–H groups in total. The van der Waals surface area contributed by atoms with Crippen LogP contribution in [0.4, 0.5) is 5.69 Å². The van der Waals surface area contributed by atoms with Gasteiger partial charge in [0.1, 0.15) is 13.2 Å². The zero-order valence-electron chi connectivity index (χ0n) is 10.9. The molecule has 1 aromatic carbocycles. The van der Waals surface area contributed by atoms with Gasteiger partial charge in [0.05, 0.1) is 11.0 Å². The Morgan fingerprint density at radius 2 is 1.89 bits per heavy atom. The van der Waals surface area contributed by atoms with Gasteiger partial charge in [-0.3, -0.25) is 10.1 Å². The number of rotatable bonds is 4. The van der Waals surface area contributed by atoms with Crippen LogP contribution in [0, 0.1) is 16.0 Å². The van der Waals surface area contributed by atoms with Crippen LogP contribution in [0.5, 0.6) is 11.5 Å². The van der Waals surface area contributed by atoms with Crippen LogP contribution in [0.3, 0.4) is 0 Å². The molecule has 0 bridgehead atoms. The van der Waals surface area contributed by atoms with E-state index < -0.39 is 0 Å². The number of benzene rings is 1. The zero-order valence-corrected chi connectivity index (χ0v) is 12.5. The first-order chi connectivity index (χ1) is 8.99. The van der Waals surface area contributed by atoms with Gasteiger partial charge in [0.15, 0.2) is 11.5 Å². The van der Waals surface area contributed by atoms with Gasteiger partial charge in [0.25, 0.3) is 5.69 Å². The van der Waals surface area contributed by atoms with Crippen LogP contribution in [-0.4, -0.2) is 23.0 Å². The van der Waals surface area contributed by atoms with Crippen molar-refractivity contribution in [1.82, 2.24) is 0 Å². The van der Waals surface area contributed by atoms with Crippen molar-refractivity contribution in [3.8, 4) is 11.5 Å². The molecule has 0 saturated carbocycles. The second-order valence-electron chi connectivity index (χ2n) is 4.85. The van der Waals surface area contributed by atoms with Gasteiger partial charge in [-0.2, -0.15) is 0 Å². The molecule has 5 nitrogen and oxygen atoms in total. The third-order valence-electron chi connectivity index (χ3n) is 3.08. The number of alkyl halides is 1. The fourth-order valence-corrected chi connectivity index (χ4v) is 2.25. The second-order valence-corrected chi connectivity index (χ2v) is 6.02. The minimum Gasteiger partial charge on any atom is -0.486 e. The standard InChI is InChI=1S/C13H16BrNO4/c1-8(2)10(14)5-9-6-12-13(19-4-3-18-12)7-11(9)15(16)17/h6-8,10H,3-5H2,1-2H3. The molecule has 1 aliphatic heterocycles. The molecule has 6 heteroatoms. The van der Waals surface area contributed by atoms with E-state index in [9.17, 15) is 10.1 Å². The number of ether oxygens (including phenoxy) is 2. The van der Waals surface area contributed by atoms with Crippen LogP contribution >= 0.6 is 15.9 Å². The summed E-state index contributed by atoms with van der Waals surface area (Å²) in [6.07, 6.45) is 0.588. The molecule has 19 heavy (non-hydrogen) atoms. The summed E-state index contributed by atoms with van der Waals surface area (Å²) in [4.78, 5) is 11.0. The van der Waals surface area contributed by atoms with E-state index in [1.165, 1.54) is 6.07 Å². The monoisotopic (exact) mass is 329 g/mol. The van der Waals surface area contributed by atoms with Gasteiger partial charge in [-0.15, -0.1) is 0 Å². The van der Waals surface area contributed by atoms with Gasteiger partial charge in [0.2, 0.25) is 0 Å². The summed E-state index contributed by atoms with van der Waals surface area (Å²) in [5.41, 5.74) is 0.763. The maximum absolute atomic E-state index is 11.2. The quantitative estimate of drug-likeness (QED) is 0.483. The fraction of sp³-hybridized carbons (Fsp3) is 0.538. The van der Waals surface area contributed by atoms with Gasteiger partial charge in [-0.25, -0.2) is 0 Å². The van der Waals surface area contributed by atoms with Crippen LogP contribution in [0.15, 0.2) is 12.1 Å². The molecule has 0 aliphatic carbocycles. The van der Waals surface area contributed by atoms with Crippen LogP contribution in [-0.2, 0) is 6.42 Å². The highest BCUT2D eigenvalue weighted by Crippen LogP contribution is 2.37. The Kier molecular flexibility index (Phi) is 4.29. The smallest absolute Gasteiger partial charge is 0.276 e. The van der Waals surface area contributed by atoms with Gasteiger partial charge in [-0.05, 0) is 18.4 Å². The summed E-state index contributed by atoms with van der Waals surface area (Å²) >= 11 is 3.56. The molecule has 1 aromatic rings. The van der Waals surface area contributed by atoms with Gasteiger partial charge in [-0.1, -0.05) is 29.8 Å². The molecule has 1 heterocycles. The zero-order chi connectivity index (χ0) is 14.0. The van der Waals surface area contributed by atoms with E-state index >= 15 is 0 Å². The average molecular weight is 330 g/mol. The van der Waals surface area contributed by atoms with Gasteiger partial charge >= 0.3 is 0 Å². The van der Waals surface area contributed by atoms with E-state index in [-0.39, 0.29) is 15.4 Å². The molecule has 0 saturated heterocycles. The molecule has 0 fully saturated rings. The lowest BCUT2D eigenvalue weighted by Gasteiger charge is -2.20. The van der Waals surface area contributed by atoms with Crippen molar-refractivity contribution in [2.45, 2.75) is 25.1 Å². The molecule has 0 aromatic heterocycles. The minimum absolute atomic E-state index is 0.0920. The molecule has 0 radical (unpaired) electrons. The van der Waals surface area contributed by atoms with Crippen molar-refractivity contribution >= 4 is 21.6 Å². The predicted molar refractivity (Wildman–Crippen MR) is 75.3 cm³/mol. The van der Waals surface area contributed by atoms with Crippen LogP contribution < -0.4 is 9.47 Å². The summed E-state index contributed by atoms with van der Waals surface area (Å²) in [6, 6.07) is 3.19. The van der Waals surface area contributed by atoms with Crippen LogP contribution in [0.25, 0.3) is 0 Å². The van der Waals surface area contributed by atoms with Gasteiger partial charge < -0.3 is 9.47 Å². The lowest BCUT2D eigenvalue weighted by atomic mass is 10.0. The minimum atomic E-state index is -0.367. The van der Waals surface area contributed by atoms with E-state index in [0.717, 1.165) is 0 Å². The number of nitro groups is 1. The topological polar surface area (TPSA) is 61.6 Å². The molecule has 1 unspecified atom stereocenters. The highest BCUT2D eigenvalue weighted by atomic mass is 79.9. The van der Waals surface area contributed by atoms with Crippen LogP contribution in [0.1, 0.15) is 19.4 Å². The summed E-state index contributed by atoms with van der Waals surface area (Å²) in [5, 5.41) is 11.2. The molecule has 1 atom stereocenters. The summed E-state index contributed by atoms with van der Waals surface area (Å²) in [5.74, 6) is 1.44. The Labute approximate surface area is 120 Å². The maximum atomic E-state index is 11.2. The summed E-state index contributed by atoms with van der Waals surface area (Å²) < 4.78 is 10.9. The molecule has 0 spiro atoms. The molecular formula is C13H16BrNO4. The number of nitrogens with zero attached hydrogens (tertiary/aromatic N) is 1. The normalized spacial score (nSPS) is 15.4. The van der Waals surface area contributed by atoms with Crippen molar-refractivity contribution in [3.63, 3.8) is 0 Å². The summed E-state index contributed by atoms with van der Waals surface area (Å²) in [6.45, 7) is 5.05. The lowest BCUT2D eigenvalue weighted by Crippen LogP contribution is -2.17. The first-order valence-corrected chi connectivity index (χ1v) is 7.11. The van der Waals surface area contributed by atoms with E-state index in [1.807, 2.05) is 0 Å². The fourth-order valence-electron chi connectivity index (χ4n) is 1.90. The maximum Gasteiger partial charge on any atom is 0.276 e. The molecule has 104 valence electrons. The average Bonchev–Trinajstić information content (AvgIpc) is 2.37. The highest BCUT2D eigenvalue weighted by Gasteiger charge is 2.24. The van der Waals surface area contributed by atoms with Crippen molar-refractivity contribution < 1.29 is 14.4 Å². The largest absolute Gasteiger partial charge is 0.486 e. The Bertz CT molecular complexity index is 490. The Hall–Kier alpha value is -1.30. The van der Waals surface area contributed by atoms with E-state index in [2.05, 4.69) is 29.8 Å². The van der Waals surface area contributed by atoms with Crippen molar-refractivity contribution in [2.24, 2.45) is 5.92 Å². The number of nitro benzene ring substituents is 1. The van der Waals surface area contributed by atoms with Crippen molar-refractivity contribution in [3.05, 3.63) is 27.8 Å². The number of halogens is 1. The SMILES string of the molecule is CC(C)C(Br)Cc1cc2c(cc1[N+](=O)[O-])OCCO2. The van der Waals surface area contributed by atoms with E-state index in [0.29, 0.717) is 42.6 Å². The molecule has 0 amide bonds. The first kappa shape index (κ1) is 14.1. The van der Waals surface area contributed by atoms with Crippen LogP contribution in [0.2, 0.25) is 0 Å². The van der Waals surface area contributed by atoms with Crippen molar-refractivity contribution in [2.75, 3.05) is 13.2 Å². The summed E-state index contributed by atoms with van der Waals surface area (Å²) in [7, 11) is 0. The third-order valence-corrected chi connectivity index (χ3v) is 4.46. The molecule has 1 aliphatic rings. The number of hydrogen-bond donors (Lipinski definition) is 0.